The molecule has 2 aromatic rings. The molecule has 3 rings (SSSR count). The molecule has 1 heterocycles. The summed E-state index contributed by atoms with van der Waals surface area (Å²) >= 11 is 0. The van der Waals surface area contributed by atoms with Gasteiger partial charge in [-0.3, -0.25) is 4.79 Å². The first-order valence-corrected chi connectivity index (χ1v) is 11.6. The topological polar surface area (TPSA) is 75.7 Å². The van der Waals surface area contributed by atoms with Crippen molar-refractivity contribution in [3.05, 3.63) is 71.8 Å². The van der Waals surface area contributed by atoms with E-state index in [1.807, 2.05) is 24.3 Å². The van der Waals surface area contributed by atoms with Gasteiger partial charge in [-0.2, -0.15) is 4.31 Å². The van der Waals surface area contributed by atoms with Crippen molar-refractivity contribution in [2.24, 2.45) is 0 Å². The molecular weight excluding hydrogens is 388 g/mol. The zero-order valence-corrected chi connectivity index (χ0v) is 17.7. The van der Waals surface area contributed by atoms with Gasteiger partial charge in [0.25, 0.3) is 0 Å². The SMILES string of the molecule is CN([C@@H](C(=O)NCC1(c2ccccc2)CCOCC1)c1ccccc1)S(C)(=O)=O. The molecule has 0 saturated carbocycles. The number of amides is 1. The number of nitrogens with one attached hydrogen (secondary N) is 1. The van der Waals surface area contributed by atoms with Crippen molar-refractivity contribution < 1.29 is 17.9 Å². The Hall–Kier alpha value is -2.22. The normalized spacial score (nSPS) is 17.6. The lowest BCUT2D eigenvalue weighted by atomic mass is 9.74. The van der Waals surface area contributed by atoms with Crippen molar-refractivity contribution in [3.8, 4) is 0 Å². The summed E-state index contributed by atoms with van der Waals surface area (Å²) < 4.78 is 31.0. The largest absolute Gasteiger partial charge is 0.381 e. The van der Waals surface area contributed by atoms with Crippen LogP contribution in [0.3, 0.4) is 0 Å². The Bertz CT molecular complexity index is 910. The zero-order valence-electron chi connectivity index (χ0n) is 16.9. The van der Waals surface area contributed by atoms with Crippen LogP contribution in [0.1, 0.15) is 30.0 Å². The van der Waals surface area contributed by atoms with E-state index in [1.54, 1.807) is 24.3 Å². The van der Waals surface area contributed by atoms with E-state index >= 15 is 0 Å². The molecule has 1 aliphatic heterocycles. The van der Waals surface area contributed by atoms with Gasteiger partial charge >= 0.3 is 0 Å². The van der Waals surface area contributed by atoms with E-state index in [0.29, 0.717) is 25.3 Å². The Labute approximate surface area is 172 Å². The third-order valence-electron chi connectivity index (χ3n) is 5.69. The van der Waals surface area contributed by atoms with Gasteiger partial charge in [-0.25, -0.2) is 8.42 Å². The van der Waals surface area contributed by atoms with Crippen molar-refractivity contribution in [1.82, 2.24) is 9.62 Å². The monoisotopic (exact) mass is 416 g/mol. The zero-order chi connectivity index (χ0) is 20.9. The second-order valence-corrected chi connectivity index (χ2v) is 9.61. The molecule has 156 valence electrons. The van der Waals surface area contributed by atoms with Crippen LogP contribution in [0.5, 0.6) is 0 Å². The minimum atomic E-state index is -3.55. The summed E-state index contributed by atoms with van der Waals surface area (Å²) in [5.41, 5.74) is 1.58. The number of carbonyl (C=O) groups excluding carboxylic acids is 1. The van der Waals surface area contributed by atoms with Crippen LogP contribution in [0.2, 0.25) is 0 Å². The van der Waals surface area contributed by atoms with E-state index in [0.717, 1.165) is 29.0 Å². The van der Waals surface area contributed by atoms with E-state index in [4.69, 9.17) is 4.74 Å². The fourth-order valence-corrected chi connectivity index (χ4v) is 4.43. The molecule has 1 saturated heterocycles. The first kappa shape index (κ1) is 21.5. The summed E-state index contributed by atoms with van der Waals surface area (Å²) in [7, 11) is -2.11. The van der Waals surface area contributed by atoms with E-state index in [1.165, 1.54) is 7.05 Å². The van der Waals surface area contributed by atoms with E-state index in [-0.39, 0.29) is 11.3 Å². The number of sulfonamides is 1. The first-order valence-electron chi connectivity index (χ1n) is 9.72. The predicted octanol–water partition coefficient (Wildman–Crippen LogP) is 2.48. The van der Waals surface area contributed by atoms with Gasteiger partial charge in [0.2, 0.25) is 15.9 Å². The standard InChI is InChI=1S/C22H28N2O4S/c1-24(29(2,26)27)20(18-9-5-3-6-10-18)21(25)23-17-22(13-15-28-16-14-22)19-11-7-4-8-12-19/h3-12,20H,13-17H2,1-2H3,(H,23,25)/t20-/m1/s1. The van der Waals surface area contributed by atoms with Crippen LogP contribution >= 0.6 is 0 Å². The molecule has 0 aliphatic carbocycles. The molecular formula is C22H28N2O4S. The fraction of sp³-hybridized carbons (Fsp3) is 0.409. The number of nitrogens with zero attached hydrogens (tertiary/aromatic N) is 1. The molecule has 1 aliphatic rings. The fourth-order valence-electron chi connectivity index (χ4n) is 3.83. The molecule has 1 N–H and O–H groups in total. The Morgan fingerprint density at radius 3 is 2.17 bits per heavy atom. The molecule has 1 atom stereocenters. The summed E-state index contributed by atoms with van der Waals surface area (Å²) in [6.45, 7) is 1.70. The van der Waals surface area contributed by atoms with E-state index in [2.05, 4.69) is 17.4 Å². The summed E-state index contributed by atoms with van der Waals surface area (Å²) in [4.78, 5) is 13.2. The van der Waals surface area contributed by atoms with Crippen LogP contribution in [0, 0.1) is 0 Å². The number of ether oxygens (including phenoxy) is 1. The third-order valence-corrected chi connectivity index (χ3v) is 6.94. The summed E-state index contributed by atoms with van der Waals surface area (Å²) in [6.07, 6.45) is 2.71. The molecule has 29 heavy (non-hydrogen) atoms. The Balaban J connectivity index is 1.85. The molecule has 6 nitrogen and oxygen atoms in total. The van der Waals surface area contributed by atoms with Crippen LogP contribution < -0.4 is 5.32 Å². The number of carbonyl (C=O) groups is 1. The Morgan fingerprint density at radius 2 is 1.62 bits per heavy atom. The molecule has 2 aromatic carbocycles. The maximum Gasteiger partial charge on any atom is 0.243 e. The predicted molar refractivity (Wildman–Crippen MR) is 113 cm³/mol. The maximum atomic E-state index is 13.2. The number of hydrogen-bond acceptors (Lipinski definition) is 4. The van der Waals surface area contributed by atoms with Crippen molar-refractivity contribution in [3.63, 3.8) is 0 Å². The molecule has 0 radical (unpaired) electrons. The van der Waals surface area contributed by atoms with Gasteiger partial charge in [0, 0.05) is 32.2 Å². The quantitative estimate of drug-likeness (QED) is 0.752. The van der Waals surface area contributed by atoms with Crippen LogP contribution in [0.15, 0.2) is 60.7 Å². The van der Waals surface area contributed by atoms with Crippen molar-refractivity contribution in [2.45, 2.75) is 24.3 Å². The molecule has 0 aromatic heterocycles. The van der Waals surface area contributed by atoms with Crippen LogP contribution in [-0.4, -0.2) is 51.7 Å². The van der Waals surface area contributed by atoms with Crippen molar-refractivity contribution >= 4 is 15.9 Å². The van der Waals surface area contributed by atoms with Crippen LogP contribution in [-0.2, 0) is 25.0 Å². The summed E-state index contributed by atoms with van der Waals surface area (Å²) in [6, 6.07) is 18.2. The lowest BCUT2D eigenvalue weighted by molar-refractivity contribution is -0.125. The van der Waals surface area contributed by atoms with Gasteiger partial charge in [-0.05, 0) is 24.0 Å². The smallest absolute Gasteiger partial charge is 0.243 e. The number of rotatable bonds is 7. The van der Waals surface area contributed by atoms with Gasteiger partial charge in [0.1, 0.15) is 6.04 Å². The molecule has 0 spiro atoms. The van der Waals surface area contributed by atoms with Crippen LogP contribution in [0.25, 0.3) is 0 Å². The van der Waals surface area contributed by atoms with Crippen molar-refractivity contribution in [1.29, 1.82) is 0 Å². The number of benzene rings is 2. The molecule has 0 bridgehead atoms. The molecule has 1 fully saturated rings. The van der Waals surface area contributed by atoms with E-state index in [9.17, 15) is 13.2 Å². The number of likely N-dealkylation sites (N-methyl/N-ethyl adjacent to an activating group) is 1. The average Bonchev–Trinajstić information content (AvgIpc) is 2.74. The highest BCUT2D eigenvalue weighted by atomic mass is 32.2. The number of hydrogen-bond donors (Lipinski definition) is 1. The first-order chi connectivity index (χ1) is 13.8. The molecule has 1 amide bonds. The highest BCUT2D eigenvalue weighted by Crippen LogP contribution is 2.34. The highest BCUT2D eigenvalue weighted by molar-refractivity contribution is 7.88. The second kappa shape index (κ2) is 9.07. The minimum absolute atomic E-state index is 0.222. The summed E-state index contributed by atoms with van der Waals surface area (Å²) in [5, 5.41) is 3.04. The molecule has 0 unspecified atom stereocenters. The maximum absolute atomic E-state index is 13.2. The molecule has 7 heteroatoms. The third kappa shape index (κ3) is 5.04. The van der Waals surface area contributed by atoms with Gasteiger partial charge in [0.15, 0.2) is 0 Å². The van der Waals surface area contributed by atoms with Gasteiger partial charge in [-0.15, -0.1) is 0 Å². The highest BCUT2D eigenvalue weighted by Gasteiger charge is 2.37. The van der Waals surface area contributed by atoms with Crippen LogP contribution in [0.4, 0.5) is 0 Å². The lowest BCUT2D eigenvalue weighted by Gasteiger charge is -2.38. The van der Waals surface area contributed by atoms with E-state index < -0.39 is 16.1 Å². The minimum Gasteiger partial charge on any atom is -0.381 e. The van der Waals surface area contributed by atoms with Crippen molar-refractivity contribution in [2.75, 3.05) is 33.1 Å². The Kier molecular flexibility index (Phi) is 6.72. The van der Waals surface area contributed by atoms with Gasteiger partial charge in [-0.1, -0.05) is 60.7 Å². The van der Waals surface area contributed by atoms with Gasteiger partial charge < -0.3 is 10.1 Å². The lowest BCUT2D eigenvalue weighted by Crippen LogP contribution is -2.48. The second-order valence-electron chi connectivity index (χ2n) is 7.57. The van der Waals surface area contributed by atoms with Gasteiger partial charge in [0.05, 0.1) is 6.26 Å². The summed E-state index contributed by atoms with van der Waals surface area (Å²) in [5.74, 6) is -0.328. The average molecular weight is 417 g/mol. The Morgan fingerprint density at radius 1 is 1.07 bits per heavy atom.